The highest BCUT2D eigenvalue weighted by Crippen LogP contribution is 2.19. The lowest BCUT2D eigenvalue weighted by Gasteiger charge is -2.22. The molecule has 20 heavy (non-hydrogen) atoms. The van der Waals surface area contributed by atoms with Crippen LogP contribution in [0, 0.1) is 0 Å². The van der Waals surface area contributed by atoms with Crippen LogP contribution in [0.1, 0.15) is 18.4 Å². The van der Waals surface area contributed by atoms with Gasteiger partial charge in [0.2, 0.25) is 0 Å². The fraction of sp³-hybridized carbons (Fsp3) is 0.571. The van der Waals surface area contributed by atoms with E-state index in [-0.39, 0.29) is 0 Å². The Morgan fingerprint density at radius 3 is 2.85 bits per heavy atom. The molecule has 2 rings (SSSR count). The summed E-state index contributed by atoms with van der Waals surface area (Å²) in [6.45, 7) is 2.41. The summed E-state index contributed by atoms with van der Waals surface area (Å²) in [6, 6.07) is 5.20. The molecule has 0 amide bonds. The van der Waals surface area contributed by atoms with Crippen molar-refractivity contribution < 1.29 is 19.5 Å². The zero-order chi connectivity index (χ0) is 14.5. The third-order valence-electron chi connectivity index (χ3n) is 3.58. The Hall–Kier alpha value is -1.08. The summed E-state index contributed by atoms with van der Waals surface area (Å²) in [6.07, 6.45) is 2.54. The number of methoxy groups -OCH3 is 1. The molecule has 6 heteroatoms. The van der Waals surface area contributed by atoms with Gasteiger partial charge in [-0.1, -0.05) is 12.1 Å². The van der Waals surface area contributed by atoms with E-state index in [4.69, 9.17) is 9.47 Å². The Bertz CT molecular complexity index is 435. The van der Waals surface area contributed by atoms with Gasteiger partial charge in [-0.3, -0.25) is 4.90 Å². The number of benzene rings is 1. The van der Waals surface area contributed by atoms with Crippen molar-refractivity contribution in [1.82, 2.24) is 4.90 Å². The Labute approximate surface area is 120 Å². The first-order chi connectivity index (χ1) is 9.60. The van der Waals surface area contributed by atoms with Crippen LogP contribution in [-0.4, -0.2) is 55.5 Å². The summed E-state index contributed by atoms with van der Waals surface area (Å²) in [5.74, 6) is 0.758. The molecule has 0 radical (unpaired) electrons. The minimum absolute atomic E-state index is 0.303. The smallest absolute Gasteiger partial charge is 0.488 e. The number of hydrogen-bond acceptors (Lipinski definition) is 5. The molecule has 110 valence electrons. The summed E-state index contributed by atoms with van der Waals surface area (Å²) in [5, 5.41) is 18.5. The van der Waals surface area contributed by atoms with Gasteiger partial charge in [0.25, 0.3) is 0 Å². The molecular formula is C14H22BNO4. The topological polar surface area (TPSA) is 62.2 Å². The second-order valence-corrected chi connectivity index (χ2v) is 5.28. The summed E-state index contributed by atoms with van der Waals surface area (Å²) in [7, 11) is 2.19. The van der Waals surface area contributed by atoms with E-state index < -0.39 is 7.12 Å². The van der Waals surface area contributed by atoms with Crippen molar-refractivity contribution in [2.75, 3.05) is 27.3 Å². The monoisotopic (exact) mass is 279 g/mol. The molecule has 0 saturated carbocycles. The van der Waals surface area contributed by atoms with E-state index in [1.165, 1.54) is 0 Å². The highest BCUT2D eigenvalue weighted by molar-refractivity contribution is 6.58. The summed E-state index contributed by atoms with van der Waals surface area (Å²) >= 11 is 0. The maximum absolute atomic E-state index is 9.26. The van der Waals surface area contributed by atoms with Crippen LogP contribution < -0.4 is 10.2 Å². The van der Waals surface area contributed by atoms with E-state index >= 15 is 0 Å². The van der Waals surface area contributed by atoms with E-state index in [9.17, 15) is 10.0 Å². The SMILES string of the molecule is COc1ccc(B(O)O)cc1CN(C)CC1CCCO1. The fourth-order valence-electron chi connectivity index (χ4n) is 2.57. The largest absolute Gasteiger partial charge is 0.496 e. The van der Waals surface area contributed by atoms with Gasteiger partial charge < -0.3 is 19.5 Å². The number of hydrogen-bond donors (Lipinski definition) is 2. The average Bonchev–Trinajstić information content (AvgIpc) is 2.91. The van der Waals surface area contributed by atoms with Crippen LogP contribution >= 0.6 is 0 Å². The molecule has 1 fully saturated rings. The quantitative estimate of drug-likeness (QED) is 0.717. The predicted octanol–water partition coefficient (Wildman–Crippen LogP) is -0.0142. The van der Waals surface area contributed by atoms with Crippen molar-refractivity contribution in [2.45, 2.75) is 25.5 Å². The first-order valence-electron chi connectivity index (χ1n) is 6.93. The van der Waals surface area contributed by atoms with E-state index in [1.54, 1.807) is 25.3 Å². The molecule has 1 heterocycles. The molecule has 0 bridgehead atoms. The lowest BCUT2D eigenvalue weighted by atomic mass is 9.79. The minimum atomic E-state index is -1.46. The van der Waals surface area contributed by atoms with E-state index in [0.717, 1.165) is 37.3 Å². The van der Waals surface area contributed by atoms with Gasteiger partial charge in [-0.2, -0.15) is 0 Å². The molecular weight excluding hydrogens is 257 g/mol. The molecule has 2 N–H and O–H groups in total. The van der Waals surface area contributed by atoms with Crippen molar-refractivity contribution in [3.8, 4) is 5.75 Å². The van der Waals surface area contributed by atoms with Crippen molar-refractivity contribution in [2.24, 2.45) is 0 Å². The van der Waals surface area contributed by atoms with Gasteiger partial charge >= 0.3 is 7.12 Å². The highest BCUT2D eigenvalue weighted by Gasteiger charge is 2.19. The maximum atomic E-state index is 9.26. The van der Waals surface area contributed by atoms with E-state index in [1.807, 2.05) is 7.05 Å². The Balaban J connectivity index is 2.03. The van der Waals surface area contributed by atoms with Crippen molar-refractivity contribution in [3.05, 3.63) is 23.8 Å². The van der Waals surface area contributed by atoms with Gasteiger partial charge in [0.05, 0.1) is 13.2 Å². The van der Waals surface area contributed by atoms with Crippen LogP contribution in [0.5, 0.6) is 5.75 Å². The molecule has 1 saturated heterocycles. The van der Waals surface area contributed by atoms with Gasteiger partial charge in [0, 0.05) is 25.3 Å². The van der Waals surface area contributed by atoms with Crippen molar-refractivity contribution in [3.63, 3.8) is 0 Å². The van der Waals surface area contributed by atoms with Crippen molar-refractivity contribution >= 4 is 12.6 Å². The Morgan fingerprint density at radius 2 is 2.25 bits per heavy atom. The lowest BCUT2D eigenvalue weighted by Crippen LogP contribution is -2.32. The van der Waals surface area contributed by atoms with Gasteiger partial charge in [-0.05, 0) is 31.4 Å². The Kier molecular flexibility index (Phi) is 5.42. The number of ether oxygens (including phenoxy) is 2. The van der Waals surface area contributed by atoms with Gasteiger partial charge in [-0.25, -0.2) is 0 Å². The molecule has 5 nitrogen and oxygen atoms in total. The van der Waals surface area contributed by atoms with Crippen LogP contribution in [0.25, 0.3) is 0 Å². The molecule has 1 aliphatic rings. The second kappa shape index (κ2) is 7.08. The molecule has 1 aliphatic heterocycles. The fourth-order valence-corrected chi connectivity index (χ4v) is 2.57. The number of likely N-dealkylation sites (N-methyl/N-ethyl adjacent to an activating group) is 1. The van der Waals surface area contributed by atoms with Gasteiger partial charge in [0.15, 0.2) is 0 Å². The van der Waals surface area contributed by atoms with E-state index in [0.29, 0.717) is 18.1 Å². The van der Waals surface area contributed by atoms with Crippen LogP contribution in [0.3, 0.4) is 0 Å². The number of rotatable bonds is 6. The summed E-state index contributed by atoms with van der Waals surface area (Å²) in [4.78, 5) is 2.17. The van der Waals surface area contributed by atoms with Gasteiger partial charge in [-0.15, -0.1) is 0 Å². The highest BCUT2D eigenvalue weighted by atomic mass is 16.5. The number of nitrogens with zero attached hydrogens (tertiary/aromatic N) is 1. The standard InChI is InChI=1S/C14H22BNO4/c1-16(10-13-4-3-7-20-13)9-11-8-12(15(17)18)5-6-14(11)19-2/h5-6,8,13,17-18H,3-4,7,9-10H2,1-2H3. The Morgan fingerprint density at radius 1 is 1.45 bits per heavy atom. The second-order valence-electron chi connectivity index (χ2n) is 5.28. The molecule has 1 unspecified atom stereocenters. The maximum Gasteiger partial charge on any atom is 0.488 e. The summed E-state index contributed by atoms with van der Waals surface area (Å²) in [5.41, 5.74) is 1.42. The molecule has 1 aromatic rings. The van der Waals surface area contributed by atoms with Crippen LogP contribution in [0.2, 0.25) is 0 Å². The third kappa shape index (κ3) is 3.96. The van der Waals surface area contributed by atoms with Crippen LogP contribution in [-0.2, 0) is 11.3 Å². The zero-order valence-corrected chi connectivity index (χ0v) is 12.1. The van der Waals surface area contributed by atoms with E-state index in [2.05, 4.69) is 4.90 Å². The van der Waals surface area contributed by atoms with Gasteiger partial charge in [0.1, 0.15) is 5.75 Å². The normalized spacial score (nSPS) is 18.6. The lowest BCUT2D eigenvalue weighted by molar-refractivity contribution is 0.0791. The zero-order valence-electron chi connectivity index (χ0n) is 12.1. The molecule has 1 aromatic carbocycles. The molecule has 0 spiro atoms. The van der Waals surface area contributed by atoms with Crippen molar-refractivity contribution in [1.29, 1.82) is 0 Å². The third-order valence-corrected chi connectivity index (χ3v) is 3.58. The van der Waals surface area contributed by atoms with Crippen LogP contribution in [0.15, 0.2) is 18.2 Å². The molecule has 0 aromatic heterocycles. The predicted molar refractivity (Wildman–Crippen MR) is 78.1 cm³/mol. The molecule has 1 atom stereocenters. The molecule has 0 aliphatic carbocycles. The minimum Gasteiger partial charge on any atom is -0.496 e. The average molecular weight is 279 g/mol. The first-order valence-corrected chi connectivity index (χ1v) is 6.93. The van der Waals surface area contributed by atoms with Crippen LogP contribution in [0.4, 0.5) is 0 Å². The first kappa shape index (κ1) is 15.3. The summed E-state index contributed by atoms with van der Waals surface area (Å²) < 4.78 is 11.0.